The maximum atomic E-state index is 13.7. The Balaban J connectivity index is 0.940. The molecule has 0 aliphatic carbocycles. The van der Waals surface area contributed by atoms with Crippen molar-refractivity contribution in [1.29, 1.82) is 0 Å². The van der Waals surface area contributed by atoms with Gasteiger partial charge in [0.25, 0.3) is 5.79 Å². The normalized spacial score (nSPS) is 46.7. The molecule has 0 aromatic rings. The van der Waals surface area contributed by atoms with Crippen molar-refractivity contribution in [3.05, 3.63) is 0 Å². The number of carbonyl (C=O) groups excluding carboxylic acids is 4. The Morgan fingerprint density at radius 2 is 0.688 bits per heavy atom. The summed E-state index contributed by atoms with van der Waals surface area (Å²) in [5.74, 6) is -9.14. The number of aliphatic hydroxyl groups is 31. The number of nitrogens with one attached hydrogen (secondary N) is 4. The monoisotopic (exact) mass is 2020 g/mol. The van der Waals surface area contributed by atoms with Crippen molar-refractivity contribution in [3.8, 4) is 0 Å². The molecule has 0 aromatic carbocycles. The minimum atomic E-state index is -3.09. The smallest absolute Gasteiger partial charge is 0.364 e. The predicted octanol–water partition coefficient (Wildman–Crippen LogP) is -23.5. The second kappa shape index (κ2) is 50.1. The zero-order valence-corrected chi connectivity index (χ0v) is 74.5. The first kappa shape index (κ1) is 115. The molecule has 0 radical (unpaired) electrons. The summed E-state index contributed by atoms with van der Waals surface area (Å²) in [7, 11) is 0. The number of ether oxygens (including phenoxy) is 20. The molecule has 10 rings (SSSR count). The largest absolute Gasteiger partial charge is 0.477 e. The van der Waals surface area contributed by atoms with Crippen LogP contribution in [0.4, 0.5) is 0 Å². The SMILES string of the molecule is CC(=O)N[C@H]1[C@H](O[C@H]2[C@@H](O)[C@@H](CO)O[C@@H](O[C@H]3[C@H](O[C@@H]4O[C@@H](C)[C@@H](O)[C@@H](O)[C@@H]4O)[C@@H](NC(C)=O)[C@H](OC[C@H]4O[C@@H](O[C@@H]([C@H](O)[C@@H](O)CO)[C@H](O)CO)[C@H](O)[C@@H](O[C@@H]5O[C@H](CO)[C@@H](O)[C@H](O[C@@H]6O[C@H](CO)[C@H](O)[C@H](O)[C@H]6O[C@@H]6O[C@@H](C)[C@@H](O)[C@@H](O)[C@@H]6O)[C@H]5NC(C)=O)[C@H]4O)O[C@@H]3CO)[C@@H]2O)O[C@H](CO)[C@@H](O[C@@H]2O[C@H](CO[C@]3(C(=O)O)C[C@H](O)[C@@H](NC(C)=O)[C@H]([C@H](O)[C@H](O)CO)O3)[C@H](O)[C@H](O)[C@H]2O)[C@@H]1O. The van der Waals surface area contributed by atoms with Crippen LogP contribution in [0.1, 0.15) is 48.0 Å². The first-order chi connectivity index (χ1) is 65.0. The van der Waals surface area contributed by atoms with E-state index in [1.807, 2.05) is 0 Å². The summed E-state index contributed by atoms with van der Waals surface area (Å²) in [6, 6.07) is -7.93. The lowest BCUT2D eigenvalue weighted by Gasteiger charge is -2.51. The van der Waals surface area contributed by atoms with Crippen LogP contribution < -0.4 is 21.3 Å². The molecule has 36 N–H and O–H groups in total. The van der Waals surface area contributed by atoms with E-state index in [2.05, 4.69) is 21.3 Å². The number of carboxylic acid groups (broad SMARTS) is 1. The Kier molecular flexibility index (Phi) is 41.9. The Morgan fingerprint density at radius 3 is 1.20 bits per heavy atom. The second-order valence-corrected chi connectivity index (χ2v) is 35.0. The summed E-state index contributed by atoms with van der Waals surface area (Å²) < 4.78 is 120. The van der Waals surface area contributed by atoms with Crippen molar-refractivity contribution in [2.24, 2.45) is 0 Å². The Hall–Kier alpha value is -4.69. The molecule has 10 heterocycles. The molecule has 0 unspecified atom stereocenters. The highest BCUT2D eigenvalue weighted by atomic mass is 16.8. The number of hydrogen-bond donors (Lipinski definition) is 36. The minimum absolute atomic E-state index is 0.847. The fourth-order valence-corrected chi connectivity index (χ4v) is 17.5. The fourth-order valence-electron chi connectivity index (χ4n) is 17.5. The summed E-state index contributed by atoms with van der Waals surface area (Å²) in [5.41, 5.74) is 0. The van der Waals surface area contributed by atoms with Crippen LogP contribution >= 0.6 is 0 Å². The molecule has 0 saturated carbocycles. The third-order valence-corrected chi connectivity index (χ3v) is 25.1. The number of hydrogen-bond acceptors (Lipinski definition) is 56. The first-order valence-corrected chi connectivity index (χ1v) is 43.9. The van der Waals surface area contributed by atoms with Crippen molar-refractivity contribution < 1.29 is 282 Å². The maximum Gasteiger partial charge on any atom is 0.364 e. The van der Waals surface area contributed by atoms with Crippen LogP contribution in [0.3, 0.4) is 0 Å². The quantitative estimate of drug-likeness (QED) is 0.0271. The lowest BCUT2D eigenvalue weighted by atomic mass is 9.88. The van der Waals surface area contributed by atoms with Gasteiger partial charge in [-0.2, -0.15) is 0 Å². The van der Waals surface area contributed by atoms with Crippen molar-refractivity contribution in [2.75, 3.05) is 66.1 Å². The highest BCUT2D eigenvalue weighted by Crippen LogP contribution is 2.43. The first-order valence-electron chi connectivity index (χ1n) is 43.9. The molecule has 61 nitrogen and oxygen atoms in total. The van der Waals surface area contributed by atoms with E-state index in [9.17, 15) is 187 Å². The fraction of sp³-hybridized carbons (Fsp3) is 0.935. The lowest BCUT2D eigenvalue weighted by molar-refractivity contribution is -0.392. The molecule has 0 bridgehead atoms. The number of aliphatic hydroxyl groups excluding tert-OH is 31. The standard InChI is InChI=1S/C77H130N4O57/c1-18-39(98)49(108)53(112)70(121-18)134-63-38(81-23(6)93)67(119-16-33-47(106)65(57(116)74(128-33)130-58(27(97)10-84)41(100)25(95)8-82)136-69-37(80-22(5)92)61(45(104)29(12-86)123-69)133-75-66(52(111)43(102)28(11-85)125-75)137-71-54(113)50(109)40(99)19(2)122-71)126-32(15-89)60(63)132-73-56(115)64(46(105)30(13-87)124-73)135-68-36(79-21(4)91)48(107)59(31(14-88)127-68)131-72-55(114)51(110)44(103)34(129-72)17-120-77(76(117)118)7-24(94)35(78-20(3)90)62(138-77)42(101)26(96)9-83/h18-19,24-75,82-89,94-116H,7-17H2,1-6H3,(H,78,90)(H,79,91)(H,80,92)(H,81,93)(H,117,118)/t18-,19-,24-,25-,26+,27+,28+,29+,30+,31+,32+,33+,34+,35+,36+,37+,38+,39+,40+,41+,42+,43-,44-,45+,46-,47-,48+,49+,50+,51-,52-,53-,54-,55+,56+,57+,58+,59+,60+,61+,62+,63+,64-,65-,66+,67+,68-,69-,70-,71-,72-,73-,74-,75-,77+/m0/s1. The van der Waals surface area contributed by atoms with Gasteiger partial charge in [-0.1, -0.05) is 0 Å². The molecule has 10 saturated heterocycles. The zero-order chi connectivity index (χ0) is 102. The van der Waals surface area contributed by atoms with Gasteiger partial charge in [-0.05, 0) is 13.8 Å². The molecule has 10 aliphatic rings. The second-order valence-electron chi connectivity index (χ2n) is 35.0. The number of amides is 4. The molecular weight excluding hydrogens is 1890 g/mol. The van der Waals surface area contributed by atoms with Gasteiger partial charge in [-0.3, -0.25) is 19.2 Å². The van der Waals surface area contributed by atoms with E-state index < -0.39 is 439 Å². The van der Waals surface area contributed by atoms with Gasteiger partial charge in [0.1, 0.15) is 250 Å². The van der Waals surface area contributed by atoms with Crippen LogP contribution in [-0.2, 0) is 119 Å². The average molecular weight is 2020 g/mol. The Morgan fingerprint density at radius 1 is 0.326 bits per heavy atom. The molecule has 10 aliphatic heterocycles. The van der Waals surface area contributed by atoms with Crippen LogP contribution in [0.2, 0.25) is 0 Å². The molecule has 138 heavy (non-hydrogen) atoms. The number of carbonyl (C=O) groups is 5. The minimum Gasteiger partial charge on any atom is -0.477 e. The van der Waals surface area contributed by atoms with Crippen molar-refractivity contribution >= 4 is 29.6 Å². The Bertz CT molecular complexity index is 3800. The van der Waals surface area contributed by atoms with Gasteiger partial charge in [0, 0.05) is 34.1 Å². The van der Waals surface area contributed by atoms with Gasteiger partial charge in [0.05, 0.1) is 90.4 Å². The van der Waals surface area contributed by atoms with E-state index >= 15 is 0 Å². The number of rotatable bonds is 40. The number of aliphatic carboxylic acids is 1. The van der Waals surface area contributed by atoms with Crippen LogP contribution in [0.5, 0.6) is 0 Å². The third kappa shape index (κ3) is 25.7. The van der Waals surface area contributed by atoms with E-state index in [1.54, 1.807) is 0 Å². The molecular formula is C77H130N4O57. The Labute approximate surface area is 781 Å². The van der Waals surface area contributed by atoms with Crippen molar-refractivity contribution in [1.82, 2.24) is 21.3 Å². The summed E-state index contributed by atoms with van der Waals surface area (Å²) in [5, 5.41) is 366. The van der Waals surface area contributed by atoms with E-state index in [0.29, 0.717) is 0 Å². The van der Waals surface area contributed by atoms with Crippen molar-refractivity contribution in [3.63, 3.8) is 0 Å². The highest BCUT2D eigenvalue weighted by molar-refractivity contribution is 5.77. The van der Waals surface area contributed by atoms with Crippen molar-refractivity contribution in [2.45, 2.75) is 385 Å². The van der Waals surface area contributed by atoms with E-state index in [-0.39, 0.29) is 0 Å². The van der Waals surface area contributed by atoms with Gasteiger partial charge in [-0.25, -0.2) is 4.79 Å². The molecule has 0 aromatic heterocycles. The molecule has 61 heteroatoms. The van der Waals surface area contributed by atoms with Gasteiger partial charge in [0.2, 0.25) is 23.6 Å². The zero-order valence-electron chi connectivity index (χ0n) is 74.5. The van der Waals surface area contributed by atoms with E-state index in [0.717, 1.165) is 27.7 Å². The molecule has 800 valence electrons. The van der Waals surface area contributed by atoms with Crippen LogP contribution in [0.25, 0.3) is 0 Å². The molecule has 10 fully saturated rings. The highest BCUT2D eigenvalue weighted by Gasteiger charge is 2.64. The maximum absolute atomic E-state index is 13.7. The van der Waals surface area contributed by atoms with Gasteiger partial charge in [-0.15, -0.1) is 0 Å². The van der Waals surface area contributed by atoms with Gasteiger partial charge in [0.15, 0.2) is 56.6 Å². The van der Waals surface area contributed by atoms with Crippen LogP contribution in [0.15, 0.2) is 0 Å². The van der Waals surface area contributed by atoms with Gasteiger partial charge >= 0.3 is 5.97 Å². The summed E-state index contributed by atoms with van der Waals surface area (Å²) in [6.45, 7) is -6.42. The van der Waals surface area contributed by atoms with Crippen LogP contribution in [-0.4, -0.2) is 596 Å². The third-order valence-electron chi connectivity index (χ3n) is 25.1. The molecule has 0 spiro atoms. The molecule has 55 atom stereocenters. The molecule has 4 amide bonds. The summed E-state index contributed by atoms with van der Waals surface area (Å²) in [6.07, 6.45) is -110. The summed E-state index contributed by atoms with van der Waals surface area (Å²) in [4.78, 5) is 65.5. The van der Waals surface area contributed by atoms with Gasteiger partial charge < -0.3 is 279 Å². The topological polar surface area (TPSA) is 965 Å². The number of carboxylic acids is 1. The summed E-state index contributed by atoms with van der Waals surface area (Å²) >= 11 is 0. The van der Waals surface area contributed by atoms with E-state index in [1.165, 1.54) is 13.8 Å². The lowest BCUT2D eigenvalue weighted by Crippen LogP contribution is -2.71. The van der Waals surface area contributed by atoms with Crippen LogP contribution in [0, 0.1) is 0 Å². The van der Waals surface area contributed by atoms with E-state index in [4.69, 9.17) is 94.7 Å². The predicted molar refractivity (Wildman–Crippen MR) is 425 cm³/mol. The average Bonchev–Trinajstić information content (AvgIpc) is 0.769.